The molecule has 0 radical (unpaired) electrons. The molecule has 0 fully saturated rings. The van der Waals surface area contributed by atoms with Crippen molar-refractivity contribution in [2.24, 2.45) is 23.8 Å². The summed E-state index contributed by atoms with van der Waals surface area (Å²) >= 11 is 0. The lowest BCUT2D eigenvalue weighted by atomic mass is 9.79. The summed E-state index contributed by atoms with van der Waals surface area (Å²) in [5.41, 5.74) is 6.09. The van der Waals surface area contributed by atoms with Crippen molar-refractivity contribution in [1.82, 2.24) is 0 Å². The third-order valence-corrected chi connectivity index (χ3v) is 5.96. The highest BCUT2D eigenvalue weighted by Gasteiger charge is 2.31. The molecule has 2 nitrogen and oxygen atoms in total. The average Bonchev–Trinajstić information content (AvgIpc) is 3.08. The van der Waals surface area contributed by atoms with Crippen molar-refractivity contribution in [2.75, 3.05) is 0 Å². The Labute approximate surface area is 177 Å². The molecule has 0 aliphatic heterocycles. The van der Waals surface area contributed by atoms with Crippen molar-refractivity contribution in [1.29, 1.82) is 0 Å². The van der Waals surface area contributed by atoms with E-state index in [-0.39, 0.29) is 10.8 Å². The number of aromatic nitrogens is 2. The van der Waals surface area contributed by atoms with E-state index in [0.717, 1.165) is 6.54 Å². The van der Waals surface area contributed by atoms with Gasteiger partial charge in [0.1, 0.15) is 13.6 Å². The summed E-state index contributed by atoms with van der Waals surface area (Å²) in [5.74, 6) is 0.578. The van der Waals surface area contributed by atoms with Gasteiger partial charge >= 0.3 is 0 Å². The van der Waals surface area contributed by atoms with Crippen LogP contribution in [0.5, 0.6) is 0 Å². The first-order chi connectivity index (χ1) is 13.5. The normalized spacial score (nSPS) is 17.3. The Morgan fingerprint density at radius 2 is 1.34 bits per heavy atom. The largest absolute Gasteiger partial charge is 0.208 e. The fourth-order valence-corrected chi connectivity index (χ4v) is 4.09. The van der Waals surface area contributed by atoms with Crippen LogP contribution in [0.25, 0.3) is 11.1 Å². The molecule has 0 amide bonds. The van der Waals surface area contributed by atoms with E-state index in [1.807, 2.05) is 7.05 Å². The van der Waals surface area contributed by atoms with Gasteiger partial charge in [-0.15, -0.1) is 0 Å². The first kappa shape index (κ1) is 21.5. The molecule has 1 atom stereocenters. The lowest BCUT2D eigenvalue weighted by molar-refractivity contribution is -0.697. The molecule has 2 aromatic heterocycles. The molecule has 3 rings (SSSR count). The first-order valence-corrected chi connectivity index (χ1v) is 10.9. The molecule has 0 unspecified atom stereocenters. The van der Waals surface area contributed by atoms with Gasteiger partial charge in [0.15, 0.2) is 24.8 Å². The topological polar surface area (TPSA) is 7.76 Å². The third kappa shape index (κ3) is 5.44. The summed E-state index contributed by atoms with van der Waals surface area (Å²) in [4.78, 5) is 0. The molecule has 29 heavy (non-hydrogen) atoms. The van der Waals surface area contributed by atoms with E-state index in [0.29, 0.717) is 5.92 Å². The van der Waals surface area contributed by atoms with Crippen LogP contribution in [0.3, 0.4) is 0 Å². The summed E-state index contributed by atoms with van der Waals surface area (Å²) in [7, 11) is 2.05. The lowest BCUT2D eigenvalue weighted by Crippen LogP contribution is -2.32. The number of rotatable bonds is 5. The minimum absolute atomic E-state index is 0.227. The van der Waals surface area contributed by atoms with Crippen LogP contribution in [0.1, 0.15) is 54.4 Å². The Morgan fingerprint density at radius 1 is 0.793 bits per heavy atom. The number of pyridine rings is 2. The van der Waals surface area contributed by atoms with Gasteiger partial charge in [0.2, 0.25) is 0 Å². The smallest absolute Gasteiger partial charge is 0.169 e. The number of allylic oxidation sites excluding steroid dienone is 4. The molecule has 2 heterocycles. The van der Waals surface area contributed by atoms with Crippen molar-refractivity contribution in [3.05, 3.63) is 72.4 Å². The van der Waals surface area contributed by atoms with E-state index in [2.05, 4.69) is 112 Å². The zero-order valence-corrected chi connectivity index (χ0v) is 19.4. The highest BCUT2D eigenvalue weighted by molar-refractivity contribution is 5.60. The minimum atomic E-state index is 0.227. The molecule has 154 valence electrons. The van der Waals surface area contributed by atoms with Crippen molar-refractivity contribution >= 4 is 0 Å². The van der Waals surface area contributed by atoms with Crippen LogP contribution < -0.4 is 9.13 Å². The predicted molar refractivity (Wildman–Crippen MR) is 121 cm³/mol. The molecule has 0 saturated heterocycles. The van der Waals surface area contributed by atoms with Crippen LogP contribution in [-0.4, -0.2) is 0 Å². The second-order valence-corrected chi connectivity index (χ2v) is 10.5. The third-order valence-electron chi connectivity index (χ3n) is 5.96. The van der Waals surface area contributed by atoms with E-state index in [1.54, 1.807) is 5.57 Å². The fourth-order valence-electron chi connectivity index (χ4n) is 4.09. The second-order valence-electron chi connectivity index (χ2n) is 10.5. The Balaban J connectivity index is 1.62. The molecule has 1 aliphatic carbocycles. The van der Waals surface area contributed by atoms with Crippen LogP contribution in [0, 0.1) is 16.7 Å². The lowest BCUT2D eigenvalue weighted by Gasteiger charge is -2.26. The second kappa shape index (κ2) is 8.26. The van der Waals surface area contributed by atoms with Gasteiger partial charge in [-0.2, -0.15) is 0 Å². The minimum Gasteiger partial charge on any atom is -0.208 e. The van der Waals surface area contributed by atoms with Crippen LogP contribution in [-0.2, 0) is 13.6 Å². The molecular formula is C27H38N2+2. The van der Waals surface area contributed by atoms with Crippen LogP contribution in [0.2, 0.25) is 0 Å². The summed E-state index contributed by atoms with van der Waals surface area (Å²) < 4.78 is 4.38. The highest BCUT2D eigenvalue weighted by atomic mass is 14.9. The van der Waals surface area contributed by atoms with Gasteiger partial charge in [-0.1, -0.05) is 59.3 Å². The van der Waals surface area contributed by atoms with Gasteiger partial charge < -0.3 is 0 Å². The van der Waals surface area contributed by atoms with Crippen molar-refractivity contribution in [2.45, 2.75) is 60.9 Å². The standard InChI is InChI=1S/C27H38N2/c1-26(2,3)24-19-23(25(20-24)27(4,5)6)9-8-14-29-17-12-22(13-18-29)21-10-15-28(7)16-11-21/h10-13,15-20,23H,8-9,14H2,1-7H3/q+2/t23-/m0/s1. The van der Waals surface area contributed by atoms with Crippen LogP contribution in [0.4, 0.5) is 0 Å². The molecule has 0 aromatic carbocycles. The molecule has 0 bridgehead atoms. The van der Waals surface area contributed by atoms with Gasteiger partial charge in [-0.25, -0.2) is 9.13 Å². The summed E-state index contributed by atoms with van der Waals surface area (Å²) in [6.45, 7) is 15.1. The van der Waals surface area contributed by atoms with Gasteiger partial charge in [0.25, 0.3) is 0 Å². The Morgan fingerprint density at radius 3 is 1.86 bits per heavy atom. The molecular weight excluding hydrogens is 352 g/mol. The molecule has 0 spiro atoms. The quantitative estimate of drug-likeness (QED) is 0.568. The fraction of sp³-hybridized carbons (Fsp3) is 0.481. The van der Waals surface area contributed by atoms with Gasteiger partial charge in [0, 0.05) is 30.7 Å². The monoisotopic (exact) mass is 390 g/mol. The number of hydrogen-bond donors (Lipinski definition) is 0. The summed E-state index contributed by atoms with van der Waals surface area (Å²) in [5, 5.41) is 0. The van der Waals surface area contributed by atoms with E-state index >= 15 is 0 Å². The van der Waals surface area contributed by atoms with Gasteiger partial charge in [0.05, 0.1) is 0 Å². The van der Waals surface area contributed by atoms with E-state index < -0.39 is 0 Å². The van der Waals surface area contributed by atoms with Crippen molar-refractivity contribution < 1.29 is 9.13 Å². The van der Waals surface area contributed by atoms with Crippen molar-refractivity contribution in [3.63, 3.8) is 0 Å². The first-order valence-electron chi connectivity index (χ1n) is 10.9. The summed E-state index contributed by atoms with van der Waals surface area (Å²) in [6, 6.07) is 8.78. The number of aryl methyl sites for hydroxylation is 2. The van der Waals surface area contributed by atoms with Crippen LogP contribution in [0.15, 0.2) is 72.4 Å². The molecule has 2 heteroatoms. The molecule has 2 aromatic rings. The van der Waals surface area contributed by atoms with Crippen molar-refractivity contribution in [3.8, 4) is 11.1 Å². The van der Waals surface area contributed by atoms with E-state index in [9.17, 15) is 0 Å². The number of hydrogen-bond acceptors (Lipinski definition) is 0. The van der Waals surface area contributed by atoms with Crippen LogP contribution >= 0.6 is 0 Å². The maximum Gasteiger partial charge on any atom is 0.169 e. The zero-order valence-electron chi connectivity index (χ0n) is 19.4. The zero-order chi connectivity index (χ0) is 21.2. The Kier molecular flexibility index (Phi) is 6.12. The molecule has 1 aliphatic rings. The maximum absolute atomic E-state index is 2.53. The average molecular weight is 391 g/mol. The van der Waals surface area contributed by atoms with E-state index in [4.69, 9.17) is 0 Å². The maximum atomic E-state index is 2.53. The molecule has 0 N–H and O–H groups in total. The highest BCUT2D eigenvalue weighted by Crippen LogP contribution is 2.44. The predicted octanol–water partition coefficient (Wildman–Crippen LogP) is 5.82. The van der Waals surface area contributed by atoms with Gasteiger partial charge in [-0.05, 0) is 39.9 Å². The van der Waals surface area contributed by atoms with E-state index in [1.165, 1.54) is 29.5 Å². The molecule has 0 saturated carbocycles. The Hall–Kier alpha value is -2.22. The number of nitrogens with zero attached hydrogens (tertiary/aromatic N) is 2. The summed E-state index contributed by atoms with van der Waals surface area (Å²) in [6.07, 6.45) is 16.0. The van der Waals surface area contributed by atoms with Gasteiger partial charge in [-0.3, -0.25) is 0 Å². The Bertz CT molecular complexity index is 886. The SMILES string of the molecule is C[n+]1ccc(-c2cc[n+](CCC[C@H]3C=C(C(C)(C)C)C=C3C(C)(C)C)cc2)cc1.